The van der Waals surface area contributed by atoms with Crippen LogP contribution in [0.15, 0.2) is 33.9 Å². The van der Waals surface area contributed by atoms with Crippen molar-refractivity contribution >= 4 is 17.1 Å². The van der Waals surface area contributed by atoms with Crippen LogP contribution in [0.2, 0.25) is 0 Å². The van der Waals surface area contributed by atoms with E-state index in [1.54, 1.807) is 23.7 Å². The second kappa shape index (κ2) is 8.60. The molecule has 29 heavy (non-hydrogen) atoms. The zero-order chi connectivity index (χ0) is 21.1. The molecule has 0 aliphatic heterocycles. The Morgan fingerprint density at radius 1 is 1.14 bits per heavy atom. The van der Waals surface area contributed by atoms with Crippen LogP contribution in [-0.2, 0) is 20.6 Å². The lowest BCUT2D eigenvalue weighted by Gasteiger charge is -2.18. The van der Waals surface area contributed by atoms with E-state index in [1.807, 2.05) is 0 Å². The number of nitrogens with zero attached hydrogens (tertiary/aromatic N) is 5. The minimum Gasteiger partial charge on any atom is -0.354 e. The highest BCUT2D eigenvalue weighted by Gasteiger charge is 2.19. The monoisotopic (exact) mass is 402 g/mol. The third kappa shape index (κ3) is 4.09. The molecule has 2 heterocycles. The number of rotatable bonds is 8. The Labute approximate surface area is 168 Å². The van der Waals surface area contributed by atoms with Gasteiger partial charge in [-0.25, -0.2) is 9.18 Å². The van der Waals surface area contributed by atoms with Crippen molar-refractivity contribution in [1.29, 1.82) is 0 Å². The summed E-state index contributed by atoms with van der Waals surface area (Å²) in [5.74, 6) is 0.137. The number of fused-ring (bicyclic) bond motifs is 1. The Bertz CT molecular complexity index is 1130. The maximum absolute atomic E-state index is 13.7. The molecule has 156 valence electrons. The molecule has 0 bridgehead atoms. The lowest BCUT2D eigenvalue weighted by atomic mass is 10.2. The molecule has 1 aromatic carbocycles. The normalized spacial score (nSPS) is 11.5. The van der Waals surface area contributed by atoms with E-state index in [2.05, 4.69) is 29.0 Å². The van der Waals surface area contributed by atoms with Crippen LogP contribution in [0, 0.1) is 5.82 Å². The van der Waals surface area contributed by atoms with Crippen molar-refractivity contribution < 1.29 is 4.39 Å². The molecule has 0 saturated carbocycles. The molecular weight excluding hydrogens is 375 g/mol. The zero-order valence-corrected chi connectivity index (χ0v) is 17.3. The van der Waals surface area contributed by atoms with E-state index in [4.69, 9.17) is 0 Å². The van der Waals surface area contributed by atoms with Crippen LogP contribution in [-0.4, -0.2) is 49.8 Å². The van der Waals surface area contributed by atoms with Crippen molar-refractivity contribution in [1.82, 2.24) is 23.6 Å². The Morgan fingerprint density at radius 2 is 1.86 bits per heavy atom. The van der Waals surface area contributed by atoms with E-state index in [0.29, 0.717) is 29.2 Å². The summed E-state index contributed by atoms with van der Waals surface area (Å²) in [6.07, 6.45) is 0. The fourth-order valence-corrected chi connectivity index (χ4v) is 3.42. The minimum atomic E-state index is -0.437. The Kier molecular flexibility index (Phi) is 6.17. The van der Waals surface area contributed by atoms with E-state index in [-0.39, 0.29) is 12.4 Å². The summed E-state index contributed by atoms with van der Waals surface area (Å²) in [7, 11) is 3.03. The molecule has 0 fully saturated rings. The van der Waals surface area contributed by atoms with Crippen molar-refractivity contribution in [2.24, 2.45) is 14.1 Å². The first-order chi connectivity index (χ1) is 13.9. The molecule has 0 saturated heterocycles. The third-order valence-corrected chi connectivity index (χ3v) is 5.18. The van der Waals surface area contributed by atoms with Crippen LogP contribution in [0.3, 0.4) is 0 Å². The van der Waals surface area contributed by atoms with Gasteiger partial charge in [-0.15, -0.1) is 0 Å². The number of aryl methyl sites for hydroxylation is 1. The summed E-state index contributed by atoms with van der Waals surface area (Å²) < 4.78 is 17.8. The van der Waals surface area contributed by atoms with Crippen LogP contribution >= 0.6 is 0 Å². The van der Waals surface area contributed by atoms with Gasteiger partial charge in [-0.05, 0) is 30.8 Å². The van der Waals surface area contributed by atoms with Crippen molar-refractivity contribution in [3.05, 3.63) is 56.5 Å². The summed E-state index contributed by atoms with van der Waals surface area (Å²) in [5, 5.41) is 3.28. The number of hydrogen-bond acceptors (Lipinski definition) is 5. The van der Waals surface area contributed by atoms with Gasteiger partial charge in [-0.1, -0.05) is 26.0 Å². The van der Waals surface area contributed by atoms with Crippen LogP contribution in [0.25, 0.3) is 11.2 Å². The molecule has 0 aliphatic carbocycles. The van der Waals surface area contributed by atoms with Crippen molar-refractivity contribution in [2.45, 2.75) is 20.4 Å². The minimum absolute atomic E-state index is 0.259. The standard InChI is InChI=1S/C20H27FN6O2/c1-5-26(6-2)11-10-22-19-23-17-16(18(28)25(4)20(29)24(17)3)27(19)13-14-8-7-9-15(21)12-14/h7-9,12H,5-6,10-11,13H2,1-4H3,(H,22,23). The number of anilines is 1. The fraction of sp³-hybridized carbons (Fsp3) is 0.450. The molecule has 3 aromatic rings. The molecular formula is C20H27FN6O2. The van der Waals surface area contributed by atoms with Gasteiger partial charge in [-0.3, -0.25) is 18.5 Å². The molecule has 8 nitrogen and oxygen atoms in total. The van der Waals surface area contributed by atoms with Gasteiger partial charge in [0.1, 0.15) is 5.82 Å². The third-order valence-electron chi connectivity index (χ3n) is 5.18. The van der Waals surface area contributed by atoms with E-state index in [0.717, 1.165) is 24.2 Å². The van der Waals surface area contributed by atoms with Gasteiger partial charge in [0.2, 0.25) is 5.95 Å². The molecule has 9 heteroatoms. The quantitative estimate of drug-likeness (QED) is 0.616. The first kappa shape index (κ1) is 20.8. The van der Waals surface area contributed by atoms with Crippen LogP contribution in [0.4, 0.5) is 10.3 Å². The summed E-state index contributed by atoms with van der Waals surface area (Å²) >= 11 is 0. The Morgan fingerprint density at radius 3 is 2.52 bits per heavy atom. The summed E-state index contributed by atoms with van der Waals surface area (Å²) in [4.78, 5) is 32.0. The lowest BCUT2D eigenvalue weighted by Crippen LogP contribution is -2.37. The van der Waals surface area contributed by atoms with E-state index in [9.17, 15) is 14.0 Å². The number of aromatic nitrogens is 4. The average molecular weight is 402 g/mol. The van der Waals surface area contributed by atoms with Gasteiger partial charge in [0.05, 0.1) is 6.54 Å². The number of imidazole rings is 1. The molecule has 3 rings (SSSR count). The fourth-order valence-electron chi connectivity index (χ4n) is 3.42. The first-order valence-electron chi connectivity index (χ1n) is 9.74. The van der Waals surface area contributed by atoms with E-state index >= 15 is 0 Å². The lowest BCUT2D eigenvalue weighted by molar-refractivity contribution is 0.315. The first-order valence-corrected chi connectivity index (χ1v) is 9.74. The Hall–Kier alpha value is -2.94. The van der Waals surface area contributed by atoms with Crippen LogP contribution < -0.4 is 16.6 Å². The van der Waals surface area contributed by atoms with Gasteiger partial charge in [0.15, 0.2) is 11.2 Å². The largest absolute Gasteiger partial charge is 0.354 e. The molecule has 0 amide bonds. The number of benzene rings is 1. The van der Waals surface area contributed by atoms with Crippen molar-refractivity contribution in [3.8, 4) is 0 Å². The highest BCUT2D eigenvalue weighted by molar-refractivity contribution is 5.74. The Balaban J connectivity index is 2.08. The second-order valence-electron chi connectivity index (χ2n) is 6.98. The average Bonchev–Trinajstić information content (AvgIpc) is 3.06. The molecule has 0 aliphatic rings. The van der Waals surface area contributed by atoms with Crippen LogP contribution in [0.1, 0.15) is 19.4 Å². The number of halogens is 1. The van der Waals surface area contributed by atoms with Gasteiger partial charge >= 0.3 is 5.69 Å². The van der Waals surface area contributed by atoms with Crippen molar-refractivity contribution in [3.63, 3.8) is 0 Å². The van der Waals surface area contributed by atoms with Crippen molar-refractivity contribution in [2.75, 3.05) is 31.5 Å². The highest BCUT2D eigenvalue weighted by atomic mass is 19.1. The molecule has 0 unspecified atom stereocenters. The maximum atomic E-state index is 13.7. The van der Waals surface area contributed by atoms with Gasteiger partial charge < -0.3 is 10.2 Å². The number of likely N-dealkylation sites (N-methyl/N-ethyl adjacent to an activating group) is 1. The smallest absolute Gasteiger partial charge is 0.332 e. The SMILES string of the molecule is CCN(CC)CCNc1nc2c(c(=O)n(C)c(=O)n2C)n1Cc1cccc(F)c1. The molecule has 1 N–H and O–H groups in total. The number of nitrogens with one attached hydrogen (secondary N) is 1. The molecule has 2 aromatic heterocycles. The molecule has 0 radical (unpaired) electrons. The maximum Gasteiger partial charge on any atom is 0.332 e. The summed E-state index contributed by atoms with van der Waals surface area (Å²) in [6.45, 7) is 7.77. The summed E-state index contributed by atoms with van der Waals surface area (Å²) in [6, 6.07) is 6.23. The van der Waals surface area contributed by atoms with E-state index in [1.165, 1.54) is 23.7 Å². The van der Waals surface area contributed by atoms with Crippen LogP contribution in [0.5, 0.6) is 0 Å². The zero-order valence-electron chi connectivity index (χ0n) is 17.3. The predicted molar refractivity (Wildman–Crippen MR) is 112 cm³/mol. The molecule has 0 atom stereocenters. The van der Waals surface area contributed by atoms with Gasteiger partial charge in [0, 0.05) is 27.2 Å². The second-order valence-corrected chi connectivity index (χ2v) is 6.98. The van der Waals surface area contributed by atoms with Gasteiger partial charge in [-0.2, -0.15) is 4.98 Å². The topological polar surface area (TPSA) is 77.1 Å². The van der Waals surface area contributed by atoms with Gasteiger partial charge in [0.25, 0.3) is 5.56 Å². The van der Waals surface area contributed by atoms with E-state index < -0.39 is 11.2 Å². The highest BCUT2D eigenvalue weighted by Crippen LogP contribution is 2.18. The predicted octanol–water partition coefficient (Wildman–Crippen LogP) is 1.37. The molecule has 0 spiro atoms. The summed E-state index contributed by atoms with van der Waals surface area (Å²) in [5.41, 5.74) is 0.451. The number of hydrogen-bond donors (Lipinski definition) is 1.